The number of hydrogen-bond donors (Lipinski definition) is 0. The number of rotatable bonds is 10. The van der Waals surface area contributed by atoms with Gasteiger partial charge >= 0.3 is 0 Å². The smallest absolute Gasteiger partial charge is 0.0351 e. The first-order valence-corrected chi connectivity index (χ1v) is 17.4. The van der Waals surface area contributed by atoms with Gasteiger partial charge in [0.05, 0.1) is 0 Å². The van der Waals surface area contributed by atoms with E-state index in [1.807, 2.05) is 0 Å². The first kappa shape index (κ1) is 32.9. The van der Waals surface area contributed by atoms with E-state index in [2.05, 4.69) is 180 Å². The van der Waals surface area contributed by atoms with Crippen LogP contribution in [-0.4, -0.2) is 0 Å². The van der Waals surface area contributed by atoms with Gasteiger partial charge in [-0.25, -0.2) is 0 Å². The van der Waals surface area contributed by atoms with Crippen molar-refractivity contribution in [1.29, 1.82) is 0 Å². The highest BCUT2D eigenvalue weighted by Crippen LogP contribution is 2.44. The van der Waals surface area contributed by atoms with Gasteiger partial charge in [-0.2, -0.15) is 0 Å². The maximum Gasteiger partial charge on any atom is 0.0351 e. The largest absolute Gasteiger partial charge is 0.105 e. The van der Waals surface area contributed by atoms with Gasteiger partial charge in [0.25, 0.3) is 0 Å². The minimum Gasteiger partial charge on any atom is -0.105 e. The summed E-state index contributed by atoms with van der Waals surface area (Å²) in [7, 11) is 3.24. The van der Waals surface area contributed by atoms with Gasteiger partial charge in [-0.05, 0) is 84.6 Å². The summed E-state index contributed by atoms with van der Waals surface area (Å²) in [5.41, 5.74) is 14.1. The predicted octanol–water partition coefficient (Wildman–Crippen LogP) is 12.0. The van der Waals surface area contributed by atoms with E-state index in [1.54, 1.807) is 0 Å². The zero-order chi connectivity index (χ0) is 32.2. The van der Waals surface area contributed by atoms with Crippen LogP contribution in [0.1, 0.15) is 147 Å². The van der Waals surface area contributed by atoms with E-state index in [1.165, 1.54) is 60.9 Å². The van der Waals surface area contributed by atoms with Crippen LogP contribution >= 0.6 is 9.24 Å². The molecule has 3 unspecified atom stereocenters. The highest BCUT2D eigenvalue weighted by molar-refractivity contribution is 7.27. The van der Waals surface area contributed by atoms with Gasteiger partial charge in [-0.15, -0.1) is 9.24 Å². The van der Waals surface area contributed by atoms with Crippen molar-refractivity contribution in [2.75, 3.05) is 0 Å². The Labute approximate surface area is 275 Å². The zero-order valence-electron chi connectivity index (χ0n) is 28.5. The van der Waals surface area contributed by atoms with E-state index in [4.69, 9.17) is 0 Å². The number of hydrogen-bond acceptors (Lipinski definition) is 0. The minimum absolute atomic E-state index is 0.121. The molecule has 0 radical (unpaired) electrons. The third-order valence-corrected chi connectivity index (χ3v) is 10.1. The Hall–Kier alpha value is -3.47. The van der Waals surface area contributed by atoms with Crippen molar-refractivity contribution in [3.63, 3.8) is 0 Å². The fourth-order valence-corrected chi connectivity index (χ4v) is 7.81. The molecule has 0 nitrogen and oxygen atoms in total. The molecule has 0 heterocycles. The average Bonchev–Trinajstić information content (AvgIpc) is 3.03. The van der Waals surface area contributed by atoms with Gasteiger partial charge < -0.3 is 0 Å². The fraction of sp³-hybridized carbons (Fsp3) is 0.318. The molecule has 0 aliphatic heterocycles. The summed E-state index contributed by atoms with van der Waals surface area (Å²) in [5, 5.41) is 1.31. The molecule has 0 aliphatic carbocycles. The van der Waals surface area contributed by atoms with Gasteiger partial charge in [0, 0.05) is 11.8 Å². The highest BCUT2D eigenvalue weighted by atomic mass is 31.0. The van der Waals surface area contributed by atoms with Crippen molar-refractivity contribution in [3.05, 3.63) is 171 Å². The average molecular weight is 611 g/mol. The minimum atomic E-state index is 0.121. The summed E-state index contributed by atoms with van der Waals surface area (Å²) >= 11 is 0. The monoisotopic (exact) mass is 610 g/mol. The molecular formula is C44H51P. The van der Waals surface area contributed by atoms with Crippen LogP contribution in [0.15, 0.2) is 115 Å². The quantitative estimate of drug-likeness (QED) is 0.109. The van der Waals surface area contributed by atoms with Crippen molar-refractivity contribution < 1.29 is 0 Å². The van der Waals surface area contributed by atoms with E-state index in [0.29, 0.717) is 23.7 Å². The summed E-state index contributed by atoms with van der Waals surface area (Å²) in [6.45, 7) is 18.7. The van der Waals surface area contributed by atoms with Crippen molar-refractivity contribution in [1.82, 2.24) is 0 Å². The number of benzene rings is 5. The van der Waals surface area contributed by atoms with Crippen molar-refractivity contribution >= 4 is 14.5 Å². The molecule has 0 saturated carbocycles. The zero-order valence-corrected chi connectivity index (χ0v) is 29.7. The van der Waals surface area contributed by atoms with E-state index in [9.17, 15) is 0 Å². The van der Waals surface area contributed by atoms with Gasteiger partial charge in [0.1, 0.15) is 0 Å². The molecule has 5 aromatic rings. The lowest BCUT2D eigenvalue weighted by Crippen LogP contribution is -2.22. The summed E-state index contributed by atoms with van der Waals surface area (Å²) in [5.74, 6) is 1.93. The molecule has 3 atom stereocenters. The van der Waals surface area contributed by atoms with Gasteiger partial charge in [-0.1, -0.05) is 171 Å². The SMILES string of the molecule is CC(C)c1cccc(C(C)C)c1C(c1ccccc1)c1cccc(C(c2ccccc2)c2c(C(C)C)cccc2C(C)C)c1P. The molecule has 5 aromatic carbocycles. The molecule has 0 N–H and O–H groups in total. The van der Waals surface area contributed by atoms with Crippen LogP contribution in [0.2, 0.25) is 0 Å². The third-order valence-electron chi connectivity index (χ3n) is 9.47. The van der Waals surface area contributed by atoms with Crippen LogP contribution < -0.4 is 5.30 Å². The maximum absolute atomic E-state index is 3.24. The molecule has 45 heavy (non-hydrogen) atoms. The predicted molar refractivity (Wildman–Crippen MR) is 200 cm³/mol. The molecule has 0 amide bonds. The topological polar surface area (TPSA) is 0 Å². The Morgan fingerprint density at radius 3 is 0.867 bits per heavy atom. The molecule has 0 spiro atoms. The van der Waals surface area contributed by atoms with E-state index in [-0.39, 0.29) is 11.8 Å². The molecule has 0 aromatic heterocycles. The second kappa shape index (κ2) is 14.3. The Kier molecular flexibility index (Phi) is 10.5. The van der Waals surface area contributed by atoms with Gasteiger partial charge in [-0.3, -0.25) is 0 Å². The molecule has 0 bridgehead atoms. The highest BCUT2D eigenvalue weighted by Gasteiger charge is 2.30. The lowest BCUT2D eigenvalue weighted by Gasteiger charge is -2.32. The lowest BCUT2D eigenvalue weighted by molar-refractivity contribution is 0.777. The Morgan fingerprint density at radius 2 is 0.600 bits per heavy atom. The molecule has 5 rings (SSSR count). The van der Waals surface area contributed by atoms with Gasteiger partial charge in [0.15, 0.2) is 0 Å². The van der Waals surface area contributed by atoms with Crippen LogP contribution in [0.4, 0.5) is 0 Å². The molecule has 1 heteroatoms. The summed E-state index contributed by atoms with van der Waals surface area (Å²) in [6.07, 6.45) is 0. The summed E-state index contributed by atoms with van der Waals surface area (Å²) in [6, 6.07) is 43.4. The second-order valence-electron chi connectivity index (χ2n) is 13.9. The van der Waals surface area contributed by atoms with Crippen LogP contribution in [0.25, 0.3) is 0 Å². The Balaban J connectivity index is 1.86. The summed E-state index contributed by atoms with van der Waals surface area (Å²) < 4.78 is 0. The first-order chi connectivity index (χ1) is 21.6. The van der Waals surface area contributed by atoms with Crippen molar-refractivity contribution in [2.24, 2.45) is 0 Å². The normalized spacial score (nSPS) is 13.2. The van der Waals surface area contributed by atoms with Crippen molar-refractivity contribution in [3.8, 4) is 0 Å². The molecule has 232 valence electrons. The van der Waals surface area contributed by atoms with E-state index < -0.39 is 0 Å². The summed E-state index contributed by atoms with van der Waals surface area (Å²) in [4.78, 5) is 0. The molecular weight excluding hydrogens is 559 g/mol. The maximum atomic E-state index is 3.24. The van der Waals surface area contributed by atoms with E-state index >= 15 is 0 Å². The van der Waals surface area contributed by atoms with Crippen molar-refractivity contribution in [2.45, 2.75) is 90.9 Å². The van der Waals surface area contributed by atoms with Crippen LogP contribution in [0, 0.1) is 0 Å². The fourth-order valence-electron chi connectivity index (χ4n) is 7.28. The third kappa shape index (κ3) is 6.73. The van der Waals surface area contributed by atoms with Crippen LogP contribution in [-0.2, 0) is 0 Å². The second-order valence-corrected chi connectivity index (χ2v) is 14.4. The van der Waals surface area contributed by atoms with E-state index in [0.717, 1.165) is 0 Å². The van der Waals surface area contributed by atoms with Gasteiger partial charge in [0.2, 0.25) is 0 Å². The van der Waals surface area contributed by atoms with Crippen LogP contribution in [0.5, 0.6) is 0 Å². The standard InChI is InChI=1S/C44H51P/c1-28(2)34-22-15-23-35(29(3)4)42(34)40(32-18-11-9-12-19-32)38-26-17-27-39(44(38)45)41(33-20-13-10-14-21-33)43-36(30(5)6)24-16-25-37(43)31(7)8/h9-31,40-41H,45H2,1-8H3. The molecule has 0 saturated heterocycles. The molecule has 0 aliphatic rings. The molecule has 0 fully saturated rings. The Morgan fingerprint density at radius 1 is 0.333 bits per heavy atom. The van der Waals surface area contributed by atoms with Crippen LogP contribution in [0.3, 0.4) is 0 Å². The first-order valence-electron chi connectivity index (χ1n) is 16.8. The Bertz CT molecular complexity index is 1530. The lowest BCUT2D eigenvalue weighted by atomic mass is 9.73.